The maximum atomic E-state index is 11.6. The lowest BCUT2D eigenvalue weighted by atomic mass is 10.3. The van der Waals surface area contributed by atoms with Gasteiger partial charge in [-0.05, 0) is 0 Å². The van der Waals surface area contributed by atoms with Gasteiger partial charge in [0.25, 0.3) is 0 Å². The number of aliphatic carboxylic acids is 1. The molecule has 0 saturated heterocycles. The van der Waals surface area contributed by atoms with Crippen molar-refractivity contribution in [1.29, 1.82) is 0 Å². The Balaban J connectivity index is 2.91. The number of aliphatic hydroxyl groups excluding tert-OH is 1. The summed E-state index contributed by atoms with van der Waals surface area (Å²) in [5, 5.41) is 20.9. The number of hydrogen-bond donors (Lipinski definition) is 3. The molecule has 0 aromatic carbocycles. The summed E-state index contributed by atoms with van der Waals surface area (Å²) >= 11 is 0. The maximum Gasteiger partial charge on any atom is 0.324 e. The smallest absolute Gasteiger partial charge is 0.324 e. The third kappa shape index (κ3) is 2.78. The molecule has 0 amide bonds. The molecule has 0 saturated carbocycles. The first kappa shape index (κ1) is 12.6. The number of carbonyl (C=O) groups is 1. The van der Waals surface area contributed by atoms with E-state index >= 15 is 0 Å². The van der Waals surface area contributed by atoms with Gasteiger partial charge in [-0.2, -0.15) is 9.82 Å². The van der Waals surface area contributed by atoms with Crippen molar-refractivity contribution in [2.45, 2.75) is 10.9 Å². The molecule has 9 heteroatoms. The molecule has 0 aliphatic carbocycles. The second-order valence-corrected chi connectivity index (χ2v) is 4.76. The van der Waals surface area contributed by atoms with E-state index in [4.69, 9.17) is 10.2 Å². The Bertz CT molecular complexity index is 480. The highest BCUT2D eigenvalue weighted by molar-refractivity contribution is 7.89. The molecule has 0 spiro atoms. The van der Waals surface area contributed by atoms with Crippen LogP contribution in [0.1, 0.15) is 0 Å². The maximum absolute atomic E-state index is 11.6. The molecule has 90 valence electrons. The highest BCUT2D eigenvalue weighted by Crippen LogP contribution is 2.06. The lowest BCUT2D eigenvalue weighted by Crippen LogP contribution is -2.43. The van der Waals surface area contributed by atoms with E-state index in [1.165, 1.54) is 17.9 Å². The van der Waals surface area contributed by atoms with Crippen molar-refractivity contribution in [3.63, 3.8) is 0 Å². The number of hydrogen-bond acceptors (Lipinski definition) is 5. The fraction of sp³-hybridized carbons (Fsp3) is 0.429. The van der Waals surface area contributed by atoms with E-state index < -0.39 is 28.6 Å². The number of nitrogens with one attached hydrogen (secondary N) is 1. The fourth-order valence-electron chi connectivity index (χ4n) is 0.959. The van der Waals surface area contributed by atoms with E-state index in [1.54, 1.807) is 0 Å². The van der Waals surface area contributed by atoms with Crippen LogP contribution < -0.4 is 4.72 Å². The van der Waals surface area contributed by atoms with Gasteiger partial charge in [0, 0.05) is 13.2 Å². The molecule has 1 aromatic rings. The summed E-state index contributed by atoms with van der Waals surface area (Å²) in [5.74, 6) is -1.45. The Morgan fingerprint density at radius 2 is 2.31 bits per heavy atom. The molecule has 0 aliphatic heterocycles. The third-order valence-corrected chi connectivity index (χ3v) is 3.20. The topological polar surface area (TPSA) is 122 Å². The molecule has 0 aliphatic rings. The van der Waals surface area contributed by atoms with E-state index in [0.29, 0.717) is 0 Å². The summed E-state index contributed by atoms with van der Waals surface area (Å²) in [6.45, 7) is -0.825. The van der Waals surface area contributed by atoms with Gasteiger partial charge in [0.2, 0.25) is 10.0 Å². The van der Waals surface area contributed by atoms with Gasteiger partial charge in [-0.1, -0.05) is 0 Å². The van der Waals surface area contributed by atoms with Crippen LogP contribution >= 0.6 is 0 Å². The minimum absolute atomic E-state index is 0.158. The van der Waals surface area contributed by atoms with Gasteiger partial charge < -0.3 is 10.2 Å². The Labute approximate surface area is 91.6 Å². The second kappa shape index (κ2) is 4.60. The van der Waals surface area contributed by atoms with Gasteiger partial charge in [-0.15, -0.1) is 0 Å². The largest absolute Gasteiger partial charge is 0.480 e. The van der Waals surface area contributed by atoms with Crippen molar-refractivity contribution >= 4 is 16.0 Å². The van der Waals surface area contributed by atoms with Crippen molar-refractivity contribution in [3.05, 3.63) is 12.4 Å². The highest BCUT2D eigenvalue weighted by Gasteiger charge is 2.25. The number of sulfonamides is 1. The van der Waals surface area contributed by atoms with Crippen LogP contribution in [0.15, 0.2) is 17.3 Å². The molecule has 1 heterocycles. The van der Waals surface area contributed by atoms with Gasteiger partial charge >= 0.3 is 5.97 Å². The van der Waals surface area contributed by atoms with Crippen LogP contribution in [0.25, 0.3) is 0 Å². The Morgan fingerprint density at radius 1 is 1.69 bits per heavy atom. The van der Waals surface area contributed by atoms with E-state index in [0.717, 1.165) is 6.20 Å². The van der Waals surface area contributed by atoms with Crippen LogP contribution in [-0.4, -0.2) is 47.0 Å². The summed E-state index contributed by atoms with van der Waals surface area (Å²) in [6, 6.07) is -1.56. The number of aryl methyl sites for hydroxylation is 1. The van der Waals surface area contributed by atoms with Crippen molar-refractivity contribution in [1.82, 2.24) is 14.5 Å². The summed E-state index contributed by atoms with van der Waals surface area (Å²) in [5.41, 5.74) is 0. The monoisotopic (exact) mass is 249 g/mol. The van der Waals surface area contributed by atoms with Gasteiger partial charge in [-0.3, -0.25) is 9.48 Å². The zero-order valence-corrected chi connectivity index (χ0v) is 9.18. The normalized spacial score (nSPS) is 13.6. The number of carboxylic acid groups (broad SMARTS) is 1. The number of carboxylic acids is 1. The molecule has 0 bridgehead atoms. The molecule has 3 N–H and O–H groups in total. The molecule has 8 nitrogen and oxygen atoms in total. The van der Waals surface area contributed by atoms with Crippen molar-refractivity contribution in [2.75, 3.05) is 6.61 Å². The minimum atomic E-state index is -3.97. The molecule has 1 rings (SSSR count). The van der Waals surface area contributed by atoms with Crippen LogP contribution in [0.2, 0.25) is 0 Å². The molecular formula is C7H11N3O5S. The van der Waals surface area contributed by atoms with Crippen LogP contribution in [0, 0.1) is 0 Å². The number of rotatable bonds is 5. The van der Waals surface area contributed by atoms with Crippen molar-refractivity contribution in [3.8, 4) is 0 Å². The first-order chi connectivity index (χ1) is 7.36. The standard InChI is InChI=1S/C7H11N3O5S/c1-10-3-5(2-8-10)16(14,15)9-6(4-11)7(12)13/h2-3,6,9,11H,4H2,1H3,(H,12,13)/t6-/m1/s1. The average Bonchev–Trinajstić information content (AvgIpc) is 2.61. The number of aromatic nitrogens is 2. The summed E-state index contributed by atoms with van der Waals surface area (Å²) < 4.78 is 26.3. The van der Waals surface area contributed by atoms with E-state index in [1.807, 2.05) is 4.72 Å². The van der Waals surface area contributed by atoms with Crippen LogP contribution in [0.5, 0.6) is 0 Å². The summed E-state index contributed by atoms with van der Waals surface area (Å²) in [4.78, 5) is 10.4. The molecule has 1 atom stereocenters. The van der Waals surface area contributed by atoms with Crippen LogP contribution in [0.3, 0.4) is 0 Å². The first-order valence-electron chi connectivity index (χ1n) is 4.21. The number of aliphatic hydroxyl groups is 1. The summed E-state index contributed by atoms with van der Waals surface area (Å²) in [7, 11) is -2.44. The Kier molecular flexibility index (Phi) is 3.62. The fourth-order valence-corrected chi connectivity index (χ4v) is 2.12. The minimum Gasteiger partial charge on any atom is -0.480 e. The highest BCUT2D eigenvalue weighted by atomic mass is 32.2. The second-order valence-electron chi connectivity index (χ2n) is 3.04. The van der Waals surface area contributed by atoms with Crippen LogP contribution in [-0.2, 0) is 21.9 Å². The van der Waals surface area contributed by atoms with Gasteiger partial charge in [0.1, 0.15) is 10.9 Å². The van der Waals surface area contributed by atoms with Gasteiger partial charge in [0.15, 0.2) is 0 Å². The molecule has 1 aromatic heterocycles. The molecule has 0 unspecified atom stereocenters. The molecule has 0 radical (unpaired) electrons. The zero-order valence-electron chi connectivity index (χ0n) is 8.36. The average molecular weight is 249 g/mol. The lowest BCUT2D eigenvalue weighted by molar-refractivity contribution is -0.139. The quantitative estimate of drug-likeness (QED) is 0.563. The van der Waals surface area contributed by atoms with E-state index in [9.17, 15) is 13.2 Å². The number of nitrogens with zero attached hydrogens (tertiary/aromatic N) is 2. The predicted octanol–water partition coefficient (Wildman–Crippen LogP) is -1.86. The molecule has 16 heavy (non-hydrogen) atoms. The zero-order chi connectivity index (χ0) is 12.3. The van der Waals surface area contributed by atoms with Crippen LogP contribution in [0.4, 0.5) is 0 Å². The Hall–Kier alpha value is -1.45. The SMILES string of the molecule is Cn1cc(S(=O)(=O)N[C@H](CO)C(=O)O)cn1. The van der Waals surface area contributed by atoms with Gasteiger partial charge in [0.05, 0.1) is 12.8 Å². The predicted molar refractivity (Wildman–Crippen MR) is 52.0 cm³/mol. The first-order valence-corrected chi connectivity index (χ1v) is 5.70. The van der Waals surface area contributed by atoms with Crippen molar-refractivity contribution in [2.24, 2.45) is 7.05 Å². The third-order valence-electron chi connectivity index (χ3n) is 1.77. The summed E-state index contributed by atoms with van der Waals surface area (Å²) in [6.07, 6.45) is 2.30. The lowest BCUT2D eigenvalue weighted by Gasteiger charge is -2.10. The van der Waals surface area contributed by atoms with E-state index in [2.05, 4.69) is 5.10 Å². The molecular weight excluding hydrogens is 238 g/mol. The molecule has 0 fully saturated rings. The van der Waals surface area contributed by atoms with Crippen molar-refractivity contribution < 1.29 is 23.4 Å². The van der Waals surface area contributed by atoms with Gasteiger partial charge in [-0.25, -0.2) is 8.42 Å². The Morgan fingerprint density at radius 3 is 2.69 bits per heavy atom. The van der Waals surface area contributed by atoms with E-state index in [-0.39, 0.29) is 4.90 Å².